The zero-order valence-corrected chi connectivity index (χ0v) is 21.4. The number of allylic oxidation sites excluding steroid dienone is 1. The Kier molecular flexibility index (Phi) is 7.74. The minimum Gasteiger partial charge on any atom is -0.493 e. The maximum atomic E-state index is 13.0. The monoisotopic (exact) mass is 483 g/mol. The van der Waals surface area contributed by atoms with Crippen molar-refractivity contribution in [1.29, 1.82) is 0 Å². The summed E-state index contributed by atoms with van der Waals surface area (Å²) in [6, 6.07) is 19.4. The maximum Gasteiger partial charge on any atom is 0.252 e. The van der Waals surface area contributed by atoms with Gasteiger partial charge in [-0.05, 0) is 68.7 Å². The van der Waals surface area contributed by atoms with Crippen molar-refractivity contribution in [2.45, 2.75) is 39.8 Å². The van der Waals surface area contributed by atoms with Crippen LogP contribution in [0.1, 0.15) is 45.8 Å². The fraction of sp³-hybridized carbons (Fsp3) is 0.267. The third-order valence-electron chi connectivity index (χ3n) is 6.23. The molecular formula is C30H33N3O3. The van der Waals surface area contributed by atoms with Crippen molar-refractivity contribution in [2.75, 3.05) is 13.7 Å². The number of aromatic nitrogens is 2. The predicted octanol–water partition coefficient (Wildman–Crippen LogP) is 5.96. The number of fused-ring (bicyclic) bond motifs is 1. The summed E-state index contributed by atoms with van der Waals surface area (Å²) in [5.74, 6) is 2.05. The molecule has 1 unspecified atom stereocenters. The van der Waals surface area contributed by atoms with Crippen molar-refractivity contribution in [2.24, 2.45) is 0 Å². The van der Waals surface area contributed by atoms with Crippen molar-refractivity contribution < 1.29 is 14.3 Å². The topological polar surface area (TPSA) is 65.4 Å². The van der Waals surface area contributed by atoms with Crippen LogP contribution in [-0.4, -0.2) is 29.2 Å². The molecule has 0 spiro atoms. The molecule has 0 radical (unpaired) electrons. The molecule has 1 atom stereocenters. The number of hydrogen-bond acceptors (Lipinski definition) is 4. The van der Waals surface area contributed by atoms with Crippen LogP contribution in [0.15, 0.2) is 73.3 Å². The largest absolute Gasteiger partial charge is 0.493 e. The molecule has 0 aliphatic carbocycles. The Balaban J connectivity index is 1.54. The first-order valence-electron chi connectivity index (χ1n) is 12.1. The van der Waals surface area contributed by atoms with Crippen LogP contribution in [-0.2, 0) is 13.0 Å². The van der Waals surface area contributed by atoms with Crippen LogP contribution in [0.25, 0.3) is 11.0 Å². The first kappa shape index (κ1) is 25.0. The highest BCUT2D eigenvalue weighted by Crippen LogP contribution is 2.29. The van der Waals surface area contributed by atoms with E-state index in [4.69, 9.17) is 14.5 Å². The van der Waals surface area contributed by atoms with Crippen LogP contribution >= 0.6 is 0 Å². The Morgan fingerprint density at radius 3 is 2.67 bits per heavy atom. The molecule has 1 N–H and O–H groups in total. The Hall–Kier alpha value is -4.06. The lowest BCUT2D eigenvalue weighted by atomic mass is 10.0. The highest BCUT2D eigenvalue weighted by atomic mass is 16.5. The number of imidazole rings is 1. The molecule has 186 valence electrons. The summed E-state index contributed by atoms with van der Waals surface area (Å²) in [7, 11) is 1.64. The predicted molar refractivity (Wildman–Crippen MR) is 144 cm³/mol. The molecule has 1 heterocycles. The standard InChI is InChI=1S/C30H33N3O3/c1-6-9-23-13-15-27(28(19-23)35-5)36-17-16-33-26-11-8-7-10-25(26)32-29(33)22(4)31-30(34)24-14-12-20(2)18-21(24)3/h6-8,10-15,18-19,22H,1,9,16-17H2,2-5H3,(H,31,34). The van der Waals surface area contributed by atoms with E-state index in [0.29, 0.717) is 30.2 Å². The van der Waals surface area contributed by atoms with Crippen molar-refractivity contribution in [1.82, 2.24) is 14.9 Å². The summed E-state index contributed by atoms with van der Waals surface area (Å²) >= 11 is 0. The summed E-state index contributed by atoms with van der Waals surface area (Å²) < 4.78 is 13.7. The van der Waals surface area contributed by atoms with Gasteiger partial charge in [-0.25, -0.2) is 4.98 Å². The van der Waals surface area contributed by atoms with Gasteiger partial charge >= 0.3 is 0 Å². The number of aryl methyl sites for hydroxylation is 2. The van der Waals surface area contributed by atoms with Gasteiger partial charge in [0.25, 0.3) is 5.91 Å². The lowest BCUT2D eigenvalue weighted by molar-refractivity contribution is 0.0937. The van der Waals surface area contributed by atoms with Crippen LogP contribution in [0.4, 0.5) is 0 Å². The number of methoxy groups -OCH3 is 1. The molecule has 0 saturated carbocycles. The van der Waals surface area contributed by atoms with E-state index in [1.165, 1.54) is 0 Å². The lowest BCUT2D eigenvalue weighted by Gasteiger charge is -2.18. The molecule has 6 nitrogen and oxygen atoms in total. The van der Waals surface area contributed by atoms with Crippen molar-refractivity contribution in [3.8, 4) is 11.5 Å². The van der Waals surface area contributed by atoms with Gasteiger partial charge in [-0.2, -0.15) is 0 Å². The van der Waals surface area contributed by atoms with E-state index in [0.717, 1.165) is 40.0 Å². The van der Waals surface area contributed by atoms with Crippen molar-refractivity contribution >= 4 is 16.9 Å². The number of carbonyl (C=O) groups is 1. The molecule has 1 aromatic heterocycles. The second-order valence-electron chi connectivity index (χ2n) is 8.95. The Morgan fingerprint density at radius 2 is 1.92 bits per heavy atom. The first-order chi connectivity index (χ1) is 17.4. The minimum atomic E-state index is -0.293. The minimum absolute atomic E-state index is 0.112. The van der Waals surface area contributed by atoms with Gasteiger partial charge in [-0.3, -0.25) is 4.79 Å². The van der Waals surface area contributed by atoms with E-state index >= 15 is 0 Å². The molecule has 3 aromatic carbocycles. The molecular weight excluding hydrogens is 450 g/mol. The number of nitrogens with zero attached hydrogens (tertiary/aromatic N) is 2. The van der Waals surface area contributed by atoms with Gasteiger partial charge in [0, 0.05) is 5.56 Å². The molecule has 0 aliphatic rings. The van der Waals surface area contributed by atoms with Gasteiger partial charge in [0.15, 0.2) is 11.5 Å². The zero-order valence-electron chi connectivity index (χ0n) is 21.4. The zero-order chi connectivity index (χ0) is 25.7. The number of para-hydroxylation sites is 2. The first-order valence-corrected chi connectivity index (χ1v) is 12.1. The van der Waals surface area contributed by atoms with Crippen LogP contribution in [0, 0.1) is 13.8 Å². The van der Waals surface area contributed by atoms with E-state index in [1.807, 2.05) is 87.5 Å². The van der Waals surface area contributed by atoms with Gasteiger partial charge in [-0.15, -0.1) is 6.58 Å². The third kappa shape index (κ3) is 5.43. The second-order valence-corrected chi connectivity index (χ2v) is 8.95. The third-order valence-corrected chi connectivity index (χ3v) is 6.23. The molecule has 1 amide bonds. The van der Waals surface area contributed by atoms with Crippen LogP contribution in [0.3, 0.4) is 0 Å². The number of nitrogens with one attached hydrogen (secondary N) is 1. The highest BCUT2D eigenvalue weighted by Gasteiger charge is 2.20. The highest BCUT2D eigenvalue weighted by molar-refractivity contribution is 5.96. The maximum absolute atomic E-state index is 13.0. The molecule has 6 heteroatoms. The average Bonchev–Trinajstić information content (AvgIpc) is 3.23. The Morgan fingerprint density at radius 1 is 1.11 bits per heavy atom. The lowest BCUT2D eigenvalue weighted by Crippen LogP contribution is -2.29. The molecule has 0 fully saturated rings. The smallest absolute Gasteiger partial charge is 0.252 e. The molecule has 4 rings (SSSR count). The Bertz CT molecular complexity index is 1390. The van der Waals surface area contributed by atoms with Crippen LogP contribution < -0.4 is 14.8 Å². The molecule has 36 heavy (non-hydrogen) atoms. The number of ether oxygens (including phenoxy) is 2. The van der Waals surface area contributed by atoms with E-state index in [-0.39, 0.29) is 11.9 Å². The van der Waals surface area contributed by atoms with Crippen molar-refractivity contribution in [3.05, 3.63) is 101 Å². The molecule has 0 bridgehead atoms. The van der Waals surface area contributed by atoms with Gasteiger partial charge < -0.3 is 19.4 Å². The summed E-state index contributed by atoms with van der Waals surface area (Å²) in [6.07, 6.45) is 2.63. The molecule has 0 saturated heterocycles. The summed E-state index contributed by atoms with van der Waals surface area (Å²) in [6.45, 7) is 10.7. The molecule has 0 aliphatic heterocycles. The number of benzene rings is 3. The fourth-order valence-corrected chi connectivity index (χ4v) is 4.44. The van der Waals surface area contributed by atoms with Gasteiger partial charge in [0.1, 0.15) is 12.4 Å². The number of hydrogen-bond donors (Lipinski definition) is 1. The normalized spacial score (nSPS) is 11.8. The van der Waals surface area contributed by atoms with Gasteiger partial charge in [-0.1, -0.05) is 42.0 Å². The van der Waals surface area contributed by atoms with Crippen LogP contribution in [0.5, 0.6) is 11.5 Å². The van der Waals surface area contributed by atoms with Gasteiger partial charge in [0.05, 0.1) is 30.7 Å². The van der Waals surface area contributed by atoms with E-state index in [9.17, 15) is 4.79 Å². The van der Waals surface area contributed by atoms with E-state index in [1.54, 1.807) is 7.11 Å². The van der Waals surface area contributed by atoms with E-state index in [2.05, 4.69) is 16.5 Å². The second kappa shape index (κ2) is 11.1. The molecule has 4 aromatic rings. The van der Waals surface area contributed by atoms with Crippen LogP contribution in [0.2, 0.25) is 0 Å². The van der Waals surface area contributed by atoms with E-state index < -0.39 is 0 Å². The SMILES string of the molecule is C=CCc1ccc(OCCn2c(C(C)NC(=O)c3ccc(C)cc3C)nc3ccccc32)c(OC)c1. The van der Waals surface area contributed by atoms with Crippen molar-refractivity contribution in [3.63, 3.8) is 0 Å². The summed E-state index contributed by atoms with van der Waals surface area (Å²) in [5, 5.41) is 3.13. The Labute approximate surface area is 212 Å². The number of rotatable bonds is 10. The van der Waals surface area contributed by atoms with Gasteiger partial charge in [0.2, 0.25) is 0 Å². The quantitative estimate of drug-likeness (QED) is 0.283. The number of carbonyl (C=O) groups excluding carboxylic acids is 1. The summed E-state index contributed by atoms with van der Waals surface area (Å²) in [4.78, 5) is 17.9. The average molecular weight is 484 g/mol. The fourth-order valence-electron chi connectivity index (χ4n) is 4.44. The number of amides is 1. The summed E-state index contributed by atoms with van der Waals surface area (Å²) in [5.41, 5.74) is 5.75.